The lowest BCUT2D eigenvalue weighted by atomic mass is 10.00. The van der Waals surface area contributed by atoms with Gasteiger partial charge in [-0.25, -0.2) is 0 Å². The summed E-state index contributed by atoms with van der Waals surface area (Å²) in [6.07, 6.45) is -0.369. The topological polar surface area (TPSA) is 73.2 Å². The monoisotopic (exact) mass is 420 g/mol. The average molecular weight is 421 g/mol. The number of fused-ring (bicyclic) bond motifs is 2. The highest BCUT2D eigenvalue weighted by Crippen LogP contribution is 2.25. The molecule has 4 rings (SSSR count). The number of aliphatic hydroxyl groups excluding tert-OH is 2. The average Bonchev–Trinajstić information content (AvgIpc) is 2.90. The number of aliphatic hydroxyl groups is 2. The first-order valence-corrected chi connectivity index (χ1v) is 10.7. The summed E-state index contributed by atoms with van der Waals surface area (Å²) in [5, 5.41) is 20.0. The lowest BCUT2D eigenvalue weighted by molar-refractivity contribution is 0.0501. The number of ether oxygens (including phenoxy) is 1. The lowest BCUT2D eigenvalue weighted by Gasteiger charge is -2.32. The van der Waals surface area contributed by atoms with Gasteiger partial charge in [-0.2, -0.15) is 0 Å². The molecule has 0 fully saturated rings. The Balaban J connectivity index is 1.39. The third kappa shape index (κ3) is 5.26. The second kappa shape index (κ2) is 9.52. The summed E-state index contributed by atoms with van der Waals surface area (Å²) in [5.41, 5.74) is 3.84. The Hall–Kier alpha value is -2.85. The molecule has 6 heteroatoms. The molecule has 2 aromatic rings. The van der Waals surface area contributed by atoms with Gasteiger partial charge in [0.2, 0.25) is 0 Å². The summed E-state index contributed by atoms with van der Waals surface area (Å²) in [7, 11) is 0. The minimum Gasteiger partial charge on any atom is -0.491 e. The Labute approximate surface area is 183 Å². The van der Waals surface area contributed by atoms with Gasteiger partial charge < -0.3 is 19.8 Å². The number of nitrogens with zero attached hydrogens (tertiary/aromatic N) is 2. The van der Waals surface area contributed by atoms with E-state index in [1.165, 1.54) is 11.1 Å². The molecule has 2 aliphatic rings. The van der Waals surface area contributed by atoms with E-state index in [0.29, 0.717) is 36.6 Å². The third-order valence-electron chi connectivity index (χ3n) is 5.65. The minimum absolute atomic E-state index is 0.148. The second-order valence-electron chi connectivity index (χ2n) is 8.16. The van der Waals surface area contributed by atoms with Crippen LogP contribution in [-0.2, 0) is 13.0 Å². The van der Waals surface area contributed by atoms with Crippen LogP contribution in [0, 0.1) is 11.8 Å². The van der Waals surface area contributed by atoms with Crippen LogP contribution in [0.4, 0.5) is 0 Å². The van der Waals surface area contributed by atoms with Gasteiger partial charge in [0.15, 0.2) is 0 Å². The fourth-order valence-corrected chi connectivity index (χ4v) is 4.12. The van der Waals surface area contributed by atoms with E-state index in [-0.39, 0.29) is 12.5 Å². The van der Waals surface area contributed by atoms with E-state index < -0.39 is 12.2 Å². The molecule has 2 aliphatic heterocycles. The van der Waals surface area contributed by atoms with Crippen molar-refractivity contribution in [3.63, 3.8) is 0 Å². The molecular formula is C25H28N2O4. The summed E-state index contributed by atoms with van der Waals surface area (Å²) in [5.74, 6) is 5.91. The molecule has 0 saturated heterocycles. The van der Waals surface area contributed by atoms with Crippen molar-refractivity contribution in [3.05, 3.63) is 64.7 Å². The van der Waals surface area contributed by atoms with E-state index in [1.807, 2.05) is 6.07 Å². The molecule has 6 nitrogen and oxygen atoms in total. The first kappa shape index (κ1) is 21.4. The Morgan fingerprint density at radius 2 is 1.90 bits per heavy atom. The lowest BCUT2D eigenvalue weighted by Crippen LogP contribution is -2.44. The number of benzene rings is 2. The van der Waals surface area contributed by atoms with Gasteiger partial charge in [-0.1, -0.05) is 36.1 Å². The molecule has 2 aromatic carbocycles. The zero-order valence-electron chi connectivity index (χ0n) is 17.8. The van der Waals surface area contributed by atoms with E-state index in [2.05, 4.69) is 34.9 Å². The van der Waals surface area contributed by atoms with Crippen molar-refractivity contribution < 1.29 is 19.7 Å². The van der Waals surface area contributed by atoms with Crippen LogP contribution >= 0.6 is 0 Å². The maximum atomic E-state index is 13.1. The van der Waals surface area contributed by atoms with Crippen molar-refractivity contribution in [2.75, 3.05) is 32.8 Å². The van der Waals surface area contributed by atoms with Gasteiger partial charge in [-0.3, -0.25) is 9.69 Å². The molecular weight excluding hydrogens is 392 g/mol. The van der Waals surface area contributed by atoms with E-state index in [0.717, 1.165) is 19.5 Å². The van der Waals surface area contributed by atoms with Crippen LogP contribution in [-0.4, -0.2) is 70.9 Å². The zero-order chi connectivity index (χ0) is 21.8. The fraction of sp³-hybridized carbons (Fsp3) is 0.400. The number of rotatable bonds is 4. The summed E-state index contributed by atoms with van der Waals surface area (Å²) in [6.45, 7) is 4.90. The number of hydrogen-bond acceptors (Lipinski definition) is 5. The highest BCUT2D eigenvalue weighted by molar-refractivity contribution is 5.97. The Morgan fingerprint density at radius 3 is 2.71 bits per heavy atom. The van der Waals surface area contributed by atoms with E-state index in [4.69, 9.17) is 4.74 Å². The molecule has 31 heavy (non-hydrogen) atoms. The molecule has 2 heterocycles. The van der Waals surface area contributed by atoms with Crippen molar-refractivity contribution >= 4 is 5.91 Å². The first-order chi connectivity index (χ1) is 15.0. The number of hydrogen-bond donors (Lipinski definition) is 2. The molecule has 0 aromatic heterocycles. The molecule has 1 unspecified atom stereocenters. The quantitative estimate of drug-likeness (QED) is 0.737. The predicted molar refractivity (Wildman–Crippen MR) is 118 cm³/mol. The van der Waals surface area contributed by atoms with E-state index in [1.54, 1.807) is 30.0 Å². The van der Waals surface area contributed by atoms with Crippen LogP contribution < -0.4 is 4.74 Å². The third-order valence-corrected chi connectivity index (χ3v) is 5.65. The Kier molecular flexibility index (Phi) is 6.57. The molecule has 1 amide bonds. The van der Waals surface area contributed by atoms with Gasteiger partial charge in [-0.15, -0.1) is 0 Å². The highest BCUT2D eigenvalue weighted by atomic mass is 16.5. The molecule has 0 bridgehead atoms. The van der Waals surface area contributed by atoms with Crippen LogP contribution in [0.2, 0.25) is 0 Å². The Morgan fingerprint density at radius 1 is 1.10 bits per heavy atom. The van der Waals surface area contributed by atoms with Crippen LogP contribution in [0.3, 0.4) is 0 Å². The maximum Gasteiger partial charge on any atom is 0.257 e. The molecule has 0 saturated carbocycles. The Bertz CT molecular complexity index is 1010. The molecule has 2 atom stereocenters. The van der Waals surface area contributed by atoms with Crippen molar-refractivity contribution in [3.8, 4) is 17.6 Å². The highest BCUT2D eigenvalue weighted by Gasteiger charge is 2.27. The van der Waals surface area contributed by atoms with Crippen molar-refractivity contribution in [2.45, 2.75) is 32.1 Å². The largest absolute Gasteiger partial charge is 0.491 e. The fourth-order valence-electron chi connectivity index (χ4n) is 4.12. The van der Waals surface area contributed by atoms with Gasteiger partial charge in [0.1, 0.15) is 18.5 Å². The number of amides is 1. The normalized spacial score (nSPS) is 18.0. The summed E-state index contributed by atoms with van der Waals surface area (Å²) in [6, 6.07) is 13.6. The van der Waals surface area contributed by atoms with E-state index >= 15 is 0 Å². The first-order valence-electron chi connectivity index (χ1n) is 10.7. The van der Waals surface area contributed by atoms with Crippen LogP contribution in [0.25, 0.3) is 0 Å². The molecule has 162 valence electrons. The number of β-amino-alcohol motifs (C(OH)–C–C–N with tert-alkyl or cyclic N) is 1. The smallest absolute Gasteiger partial charge is 0.257 e. The number of carbonyl (C=O) groups is 1. The zero-order valence-corrected chi connectivity index (χ0v) is 17.8. The van der Waals surface area contributed by atoms with Crippen molar-refractivity contribution in [1.29, 1.82) is 0 Å². The maximum absolute atomic E-state index is 13.1. The van der Waals surface area contributed by atoms with Gasteiger partial charge in [0, 0.05) is 31.7 Å². The second-order valence-corrected chi connectivity index (χ2v) is 8.16. The summed E-state index contributed by atoms with van der Waals surface area (Å²) >= 11 is 0. The minimum atomic E-state index is -0.716. The summed E-state index contributed by atoms with van der Waals surface area (Å²) in [4.78, 5) is 17.0. The van der Waals surface area contributed by atoms with Crippen LogP contribution in [0.1, 0.15) is 34.0 Å². The molecule has 0 radical (unpaired) electrons. The van der Waals surface area contributed by atoms with Gasteiger partial charge in [0.25, 0.3) is 5.91 Å². The summed E-state index contributed by atoms with van der Waals surface area (Å²) < 4.78 is 5.78. The van der Waals surface area contributed by atoms with Crippen molar-refractivity contribution in [1.82, 2.24) is 9.80 Å². The predicted octanol–water partition coefficient (Wildman–Crippen LogP) is 1.67. The molecule has 0 spiro atoms. The van der Waals surface area contributed by atoms with Gasteiger partial charge in [0.05, 0.1) is 18.2 Å². The van der Waals surface area contributed by atoms with Crippen molar-refractivity contribution in [2.24, 2.45) is 0 Å². The van der Waals surface area contributed by atoms with E-state index in [9.17, 15) is 15.0 Å². The van der Waals surface area contributed by atoms with Gasteiger partial charge >= 0.3 is 0 Å². The van der Waals surface area contributed by atoms with Gasteiger partial charge in [-0.05, 0) is 42.7 Å². The van der Waals surface area contributed by atoms with Crippen LogP contribution in [0.5, 0.6) is 5.75 Å². The molecule has 2 N–H and O–H groups in total. The molecule has 0 aliphatic carbocycles. The SMILES string of the molecule is CC(O)C#Cc1ccc2c(c1)OCCN(C[C@H](O)CN1CCc3ccccc3C1)C2=O. The standard InChI is InChI=1S/C25H28N2O4/c1-18(28)6-7-19-8-9-23-24(14-19)31-13-12-27(25(23)30)17-22(29)16-26-11-10-20-4-2-3-5-21(20)15-26/h2-5,8-9,14,18,22,28-29H,10-13,15-17H2,1H3/t18?,22-/m1/s1. The van der Waals surface area contributed by atoms with Crippen LogP contribution in [0.15, 0.2) is 42.5 Å². The number of carbonyl (C=O) groups excluding carboxylic acids is 1.